The van der Waals surface area contributed by atoms with Crippen molar-refractivity contribution in [2.24, 2.45) is 5.92 Å². The average molecular weight is 240 g/mol. The van der Waals surface area contributed by atoms with Crippen LogP contribution in [0.4, 0.5) is 0 Å². The minimum Gasteiger partial charge on any atom is -0.317 e. The van der Waals surface area contributed by atoms with E-state index in [0.717, 1.165) is 19.6 Å². The highest BCUT2D eigenvalue weighted by Crippen LogP contribution is 2.23. The normalized spacial score (nSPS) is 15.3. The maximum absolute atomic E-state index is 3.40. The van der Waals surface area contributed by atoms with Crippen molar-refractivity contribution in [3.8, 4) is 0 Å². The van der Waals surface area contributed by atoms with E-state index in [0.29, 0.717) is 12.0 Å². The lowest BCUT2D eigenvalue weighted by Gasteiger charge is -2.27. The van der Waals surface area contributed by atoms with Gasteiger partial charge < -0.3 is 5.32 Å². The molecule has 0 spiro atoms. The van der Waals surface area contributed by atoms with Crippen LogP contribution in [0.5, 0.6) is 0 Å². The third kappa shape index (κ3) is 4.24. The van der Waals surface area contributed by atoms with Crippen molar-refractivity contribution in [1.29, 1.82) is 0 Å². The summed E-state index contributed by atoms with van der Waals surface area (Å²) in [6.07, 6.45) is 0. The minimum atomic E-state index is 0.532. The fraction of sp³-hybridized carbons (Fsp3) is 0.692. The number of rotatable bonds is 7. The van der Waals surface area contributed by atoms with E-state index in [-0.39, 0.29) is 0 Å². The van der Waals surface area contributed by atoms with Gasteiger partial charge in [0.15, 0.2) is 0 Å². The first-order valence-corrected chi connectivity index (χ1v) is 6.97. The number of hydrogen-bond donors (Lipinski definition) is 1. The van der Waals surface area contributed by atoms with Gasteiger partial charge in [0, 0.05) is 17.5 Å². The SMILES string of the molecule is CCNCC(C)CN(C)C(C)c1cccs1. The van der Waals surface area contributed by atoms with Crippen LogP contribution in [-0.4, -0.2) is 31.6 Å². The smallest absolute Gasteiger partial charge is 0.0410 e. The predicted molar refractivity (Wildman–Crippen MR) is 73.1 cm³/mol. The Hall–Kier alpha value is -0.380. The zero-order valence-electron chi connectivity index (χ0n) is 10.9. The lowest BCUT2D eigenvalue weighted by atomic mass is 10.1. The minimum absolute atomic E-state index is 0.532. The zero-order valence-corrected chi connectivity index (χ0v) is 11.7. The molecule has 0 saturated carbocycles. The van der Waals surface area contributed by atoms with E-state index in [1.165, 1.54) is 4.88 Å². The summed E-state index contributed by atoms with van der Waals surface area (Å²) in [4.78, 5) is 3.89. The van der Waals surface area contributed by atoms with E-state index in [1.54, 1.807) is 0 Å². The van der Waals surface area contributed by atoms with Crippen LogP contribution in [0, 0.1) is 5.92 Å². The van der Waals surface area contributed by atoms with Crippen LogP contribution >= 0.6 is 11.3 Å². The Morgan fingerprint density at radius 2 is 2.19 bits per heavy atom. The standard InChI is InChI=1S/C13H24N2S/c1-5-14-9-11(2)10-15(4)12(3)13-7-6-8-16-13/h6-8,11-12,14H,5,9-10H2,1-4H3. The Morgan fingerprint density at radius 3 is 2.75 bits per heavy atom. The van der Waals surface area contributed by atoms with Crippen LogP contribution in [-0.2, 0) is 0 Å². The molecule has 0 radical (unpaired) electrons. The molecular formula is C13H24N2S. The van der Waals surface area contributed by atoms with Crippen molar-refractivity contribution in [3.05, 3.63) is 22.4 Å². The lowest BCUT2D eigenvalue weighted by Crippen LogP contribution is -2.32. The van der Waals surface area contributed by atoms with Gasteiger partial charge in [-0.3, -0.25) is 4.90 Å². The van der Waals surface area contributed by atoms with E-state index >= 15 is 0 Å². The molecule has 2 nitrogen and oxygen atoms in total. The number of hydrogen-bond acceptors (Lipinski definition) is 3. The summed E-state index contributed by atoms with van der Waals surface area (Å²) >= 11 is 1.85. The van der Waals surface area contributed by atoms with E-state index in [4.69, 9.17) is 0 Å². The summed E-state index contributed by atoms with van der Waals surface area (Å²) < 4.78 is 0. The molecule has 0 amide bonds. The summed E-state index contributed by atoms with van der Waals surface area (Å²) in [5.41, 5.74) is 0. The fourth-order valence-corrected chi connectivity index (χ4v) is 2.70. The van der Waals surface area contributed by atoms with Crippen LogP contribution in [0.1, 0.15) is 31.7 Å². The summed E-state index contributed by atoms with van der Waals surface area (Å²) in [6.45, 7) is 10.1. The quantitative estimate of drug-likeness (QED) is 0.788. The molecule has 1 rings (SSSR count). The molecule has 92 valence electrons. The van der Waals surface area contributed by atoms with Crippen molar-refractivity contribution < 1.29 is 0 Å². The van der Waals surface area contributed by atoms with Gasteiger partial charge in [0.25, 0.3) is 0 Å². The van der Waals surface area contributed by atoms with Gasteiger partial charge >= 0.3 is 0 Å². The lowest BCUT2D eigenvalue weighted by molar-refractivity contribution is 0.227. The third-order valence-corrected chi connectivity index (χ3v) is 4.00. The molecule has 1 aromatic heterocycles. The average Bonchev–Trinajstić information content (AvgIpc) is 2.78. The van der Waals surface area contributed by atoms with E-state index in [9.17, 15) is 0 Å². The second-order valence-corrected chi connectivity index (χ2v) is 5.52. The molecule has 0 aliphatic heterocycles. The summed E-state index contributed by atoms with van der Waals surface area (Å²) in [6, 6.07) is 4.89. The molecule has 3 heteroatoms. The van der Waals surface area contributed by atoms with Crippen LogP contribution in [0.25, 0.3) is 0 Å². The third-order valence-electron chi connectivity index (χ3n) is 2.96. The molecular weight excluding hydrogens is 216 g/mol. The first-order chi connectivity index (χ1) is 7.65. The summed E-state index contributed by atoms with van der Waals surface area (Å²) in [7, 11) is 2.22. The monoisotopic (exact) mass is 240 g/mol. The highest BCUT2D eigenvalue weighted by atomic mass is 32.1. The van der Waals surface area contributed by atoms with Gasteiger partial charge in [0.05, 0.1) is 0 Å². The Kier molecular flexibility index (Phi) is 6.03. The Balaban J connectivity index is 2.36. The molecule has 1 heterocycles. The van der Waals surface area contributed by atoms with Crippen LogP contribution in [0.3, 0.4) is 0 Å². The maximum Gasteiger partial charge on any atom is 0.0410 e. The van der Waals surface area contributed by atoms with Crippen molar-refractivity contribution in [3.63, 3.8) is 0 Å². The highest BCUT2D eigenvalue weighted by molar-refractivity contribution is 7.10. The molecule has 0 aliphatic rings. The van der Waals surface area contributed by atoms with Gasteiger partial charge in [-0.2, -0.15) is 0 Å². The zero-order chi connectivity index (χ0) is 12.0. The fourth-order valence-electron chi connectivity index (χ4n) is 1.85. The number of nitrogens with zero attached hydrogens (tertiary/aromatic N) is 1. The molecule has 0 aliphatic carbocycles. The van der Waals surface area contributed by atoms with Gasteiger partial charge in [0.1, 0.15) is 0 Å². The highest BCUT2D eigenvalue weighted by Gasteiger charge is 2.14. The molecule has 0 aromatic carbocycles. The molecule has 1 aromatic rings. The van der Waals surface area contributed by atoms with Gasteiger partial charge in [0.2, 0.25) is 0 Å². The molecule has 0 saturated heterocycles. The van der Waals surface area contributed by atoms with Crippen molar-refractivity contribution >= 4 is 11.3 Å². The molecule has 0 fully saturated rings. The van der Waals surface area contributed by atoms with Crippen LogP contribution in [0.15, 0.2) is 17.5 Å². The number of thiophene rings is 1. The Morgan fingerprint density at radius 1 is 1.44 bits per heavy atom. The van der Waals surface area contributed by atoms with E-state index in [2.05, 4.69) is 55.5 Å². The molecule has 1 N–H and O–H groups in total. The molecule has 16 heavy (non-hydrogen) atoms. The Bertz CT molecular complexity index is 271. The first kappa shape index (κ1) is 13.7. The van der Waals surface area contributed by atoms with Gasteiger partial charge in [-0.25, -0.2) is 0 Å². The van der Waals surface area contributed by atoms with Crippen LogP contribution < -0.4 is 5.32 Å². The molecule has 2 atom stereocenters. The predicted octanol–water partition coefficient (Wildman–Crippen LogP) is 2.99. The van der Waals surface area contributed by atoms with Gasteiger partial charge in [-0.1, -0.05) is 19.9 Å². The largest absolute Gasteiger partial charge is 0.317 e. The summed E-state index contributed by atoms with van der Waals surface area (Å²) in [5.74, 6) is 0.701. The first-order valence-electron chi connectivity index (χ1n) is 6.09. The Labute approximate surface area is 104 Å². The molecule has 2 unspecified atom stereocenters. The second kappa shape index (κ2) is 7.05. The van der Waals surface area contributed by atoms with Gasteiger partial charge in [-0.05, 0) is 44.4 Å². The second-order valence-electron chi connectivity index (χ2n) is 4.54. The molecule has 0 bridgehead atoms. The van der Waals surface area contributed by atoms with Crippen LogP contribution in [0.2, 0.25) is 0 Å². The maximum atomic E-state index is 3.40. The van der Waals surface area contributed by atoms with E-state index < -0.39 is 0 Å². The van der Waals surface area contributed by atoms with Crippen molar-refractivity contribution in [2.45, 2.75) is 26.8 Å². The van der Waals surface area contributed by atoms with Gasteiger partial charge in [-0.15, -0.1) is 11.3 Å². The number of nitrogens with one attached hydrogen (secondary N) is 1. The van der Waals surface area contributed by atoms with Crippen molar-refractivity contribution in [2.75, 3.05) is 26.7 Å². The van der Waals surface area contributed by atoms with E-state index in [1.807, 2.05) is 11.3 Å². The summed E-state index contributed by atoms with van der Waals surface area (Å²) in [5, 5.41) is 5.56. The van der Waals surface area contributed by atoms with Crippen molar-refractivity contribution in [1.82, 2.24) is 10.2 Å². The topological polar surface area (TPSA) is 15.3 Å².